The van der Waals surface area contributed by atoms with Crippen LogP contribution in [-0.4, -0.2) is 46.9 Å². The van der Waals surface area contributed by atoms with Crippen LogP contribution in [-0.2, 0) is 14.3 Å². The van der Waals surface area contributed by atoms with Gasteiger partial charge in [0.2, 0.25) is 5.91 Å². The van der Waals surface area contributed by atoms with Crippen molar-refractivity contribution < 1.29 is 24.5 Å². The van der Waals surface area contributed by atoms with Crippen molar-refractivity contribution in [3.8, 4) is 0 Å². The van der Waals surface area contributed by atoms with Crippen molar-refractivity contribution in [1.82, 2.24) is 5.32 Å². The Balaban J connectivity index is 4.60. The summed E-state index contributed by atoms with van der Waals surface area (Å²) in [5.74, 6) is -0.529. The molecule has 0 bridgehead atoms. The highest BCUT2D eigenvalue weighted by Crippen LogP contribution is 2.19. The normalized spacial score (nSPS) is 13.5. The maximum Gasteiger partial charge on any atom is 0.306 e. The maximum atomic E-state index is 13.3. The van der Waals surface area contributed by atoms with E-state index < -0.39 is 18.2 Å². The van der Waals surface area contributed by atoms with Gasteiger partial charge in [-0.05, 0) is 64.2 Å². The van der Waals surface area contributed by atoms with Crippen LogP contribution in [0.1, 0.15) is 310 Å². The van der Waals surface area contributed by atoms with Gasteiger partial charge in [-0.1, -0.05) is 293 Å². The first kappa shape index (κ1) is 67.6. The second-order valence-corrected chi connectivity index (χ2v) is 20.7. The molecule has 0 aliphatic rings. The van der Waals surface area contributed by atoms with Crippen molar-refractivity contribution >= 4 is 11.9 Å². The standard InChI is InChI=1S/C64H117NO5/c1-4-7-10-13-16-19-22-25-28-31-34-37-40-43-46-49-52-55-60(70-64(69)57-54-51-48-45-42-39-36-33-30-27-24-21-18-15-12-9-6-3)58-63(68)65-61(59-66)62(67)56-53-50-47-44-41-38-35-32-29-26-23-20-17-14-11-8-5-2/h9,12,18,21,27,30,36,39,45,48,60-62,66-67H,4-8,10-11,13-17,19-20,22-26,28-29,31-35,37-38,40-44,46-47,49-59H2,1-3H3,(H,65,68)/b12-9-,21-18-,30-27-,39-36-,48-45-. The lowest BCUT2D eigenvalue weighted by Gasteiger charge is -2.24. The summed E-state index contributed by atoms with van der Waals surface area (Å²) in [4.78, 5) is 26.3. The summed E-state index contributed by atoms with van der Waals surface area (Å²) in [7, 11) is 0. The molecule has 0 aromatic rings. The first-order chi connectivity index (χ1) is 34.5. The Hall–Kier alpha value is -2.44. The number of esters is 1. The second kappa shape index (κ2) is 57.5. The van der Waals surface area contributed by atoms with E-state index in [1.807, 2.05) is 0 Å². The lowest BCUT2D eigenvalue weighted by molar-refractivity contribution is -0.151. The van der Waals surface area contributed by atoms with Crippen molar-refractivity contribution in [2.45, 2.75) is 328 Å². The number of allylic oxidation sites excluding steroid dienone is 10. The van der Waals surface area contributed by atoms with E-state index in [2.05, 4.69) is 86.8 Å². The molecule has 0 heterocycles. The van der Waals surface area contributed by atoms with E-state index in [9.17, 15) is 19.8 Å². The highest BCUT2D eigenvalue weighted by atomic mass is 16.5. The molecule has 0 radical (unpaired) electrons. The number of carbonyl (C=O) groups excluding carboxylic acids is 2. The number of nitrogens with one attached hydrogen (secondary N) is 1. The highest BCUT2D eigenvalue weighted by Gasteiger charge is 2.24. The molecule has 0 aliphatic heterocycles. The molecule has 0 aromatic heterocycles. The molecule has 0 saturated heterocycles. The summed E-state index contributed by atoms with van der Waals surface area (Å²) < 4.78 is 5.95. The quantitative estimate of drug-likeness (QED) is 0.0321. The SMILES string of the molecule is CC/C=C\C/C=C\C/C=C\C/C=C\C/C=C\CCCC(=O)OC(CCCCCCCCCCCCCCCCCCC)CC(=O)NC(CO)C(O)CCCCCCCCCCCCCCCCCCC. The summed E-state index contributed by atoms with van der Waals surface area (Å²) in [6.45, 7) is 6.40. The van der Waals surface area contributed by atoms with Crippen LogP contribution in [0.2, 0.25) is 0 Å². The largest absolute Gasteiger partial charge is 0.462 e. The Labute approximate surface area is 435 Å². The number of hydrogen-bond donors (Lipinski definition) is 3. The lowest BCUT2D eigenvalue weighted by atomic mass is 10.0. The van der Waals surface area contributed by atoms with Crippen LogP contribution < -0.4 is 5.32 Å². The average Bonchev–Trinajstić information content (AvgIpc) is 3.35. The molecule has 1 amide bonds. The minimum Gasteiger partial charge on any atom is -0.462 e. The van der Waals surface area contributed by atoms with Crippen LogP contribution in [0, 0.1) is 0 Å². The Morgan fingerprint density at radius 3 is 1.11 bits per heavy atom. The van der Waals surface area contributed by atoms with Gasteiger partial charge in [-0.3, -0.25) is 9.59 Å². The molecule has 3 N–H and O–H groups in total. The number of hydrogen-bond acceptors (Lipinski definition) is 5. The third kappa shape index (κ3) is 51.9. The Morgan fingerprint density at radius 1 is 0.429 bits per heavy atom. The average molecular weight is 981 g/mol. The minimum atomic E-state index is -0.799. The fourth-order valence-electron chi connectivity index (χ4n) is 9.29. The fraction of sp³-hybridized carbons (Fsp3) is 0.812. The summed E-state index contributed by atoms with van der Waals surface area (Å²) >= 11 is 0. The topological polar surface area (TPSA) is 95.9 Å². The molecule has 0 aromatic carbocycles. The maximum absolute atomic E-state index is 13.3. The molecule has 408 valence electrons. The number of carbonyl (C=O) groups is 2. The molecule has 6 nitrogen and oxygen atoms in total. The van der Waals surface area contributed by atoms with Crippen molar-refractivity contribution in [2.24, 2.45) is 0 Å². The Bertz CT molecular complexity index is 1240. The van der Waals surface area contributed by atoms with E-state index in [0.29, 0.717) is 25.7 Å². The highest BCUT2D eigenvalue weighted by molar-refractivity contribution is 5.77. The zero-order valence-corrected chi connectivity index (χ0v) is 46.7. The number of amides is 1. The molecular formula is C64H117NO5. The molecule has 0 spiro atoms. The van der Waals surface area contributed by atoms with Crippen molar-refractivity contribution in [3.63, 3.8) is 0 Å². The third-order valence-electron chi connectivity index (χ3n) is 13.9. The summed E-state index contributed by atoms with van der Waals surface area (Å²) in [6.07, 6.45) is 73.0. The summed E-state index contributed by atoms with van der Waals surface area (Å²) in [6, 6.07) is -0.714. The molecule has 3 atom stereocenters. The van der Waals surface area contributed by atoms with E-state index in [1.54, 1.807) is 0 Å². The van der Waals surface area contributed by atoms with Crippen molar-refractivity contribution in [1.29, 1.82) is 0 Å². The minimum absolute atomic E-state index is 0.0573. The molecule has 3 unspecified atom stereocenters. The Kier molecular flexibility index (Phi) is 55.5. The van der Waals surface area contributed by atoms with Gasteiger partial charge in [-0.15, -0.1) is 0 Å². The van der Waals surface area contributed by atoms with E-state index in [4.69, 9.17) is 4.74 Å². The van der Waals surface area contributed by atoms with E-state index in [1.165, 1.54) is 180 Å². The zero-order valence-electron chi connectivity index (χ0n) is 46.7. The fourth-order valence-corrected chi connectivity index (χ4v) is 9.29. The van der Waals surface area contributed by atoms with Gasteiger partial charge < -0.3 is 20.3 Å². The van der Waals surface area contributed by atoms with Crippen molar-refractivity contribution in [3.05, 3.63) is 60.8 Å². The van der Waals surface area contributed by atoms with Gasteiger partial charge in [0, 0.05) is 6.42 Å². The smallest absolute Gasteiger partial charge is 0.306 e. The number of ether oxygens (including phenoxy) is 1. The number of unbranched alkanes of at least 4 members (excludes halogenated alkanes) is 33. The monoisotopic (exact) mass is 980 g/mol. The van der Waals surface area contributed by atoms with E-state index in [0.717, 1.165) is 77.0 Å². The van der Waals surface area contributed by atoms with E-state index in [-0.39, 0.29) is 24.9 Å². The van der Waals surface area contributed by atoms with Gasteiger partial charge in [0.15, 0.2) is 0 Å². The molecule has 0 saturated carbocycles. The number of aliphatic hydroxyl groups excluding tert-OH is 2. The molecule has 0 fully saturated rings. The number of aliphatic hydroxyl groups is 2. The van der Waals surface area contributed by atoms with Crippen molar-refractivity contribution in [2.75, 3.05) is 6.61 Å². The van der Waals surface area contributed by atoms with Gasteiger partial charge in [0.25, 0.3) is 0 Å². The predicted molar refractivity (Wildman–Crippen MR) is 305 cm³/mol. The molecule has 70 heavy (non-hydrogen) atoms. The molecule has 6 heteroatoms. The van der Waals surface area contributed by atoms with Gasteiger partial charge in [-0.2, -0.15) is 0 Å². The van der Waals surface area contributed by atoms with Crippen LogP contribution >= 0.6 is 0 Å². The third-order valence-corrected chi connectivity index (χ3v) is 13.9. The second-order valence-electron chi connectivity index (χ2n) is 20.7. The van der Waals surface area contributed by atoms with Crippen LogP contribution in [0.5, 0.6) is 0 Å². The van der Waals surface area contributed by atoms with Crippen LogP contribution in [0.15, 0.2) is 60.8 Å². The van der Waals surface area contributed by atoms with Gasteiger partial charge in [0.05, 0.1) is 25.2 Å². The van der Waals surface area contributed by atoms with Crippen LogP contribution in [0.25, 0.3) is 0 Å². The zero-order chi connectivity index (χ0) is 50.9. The molecule has 0 aliphatic carbocycles. The molecule has 0 rings (SSSR count). The van der Waals surface area contributed by atoms with Gasteiger partial charge in [0.1, 0.15) is 6.10 Å². The van der Waals surface area contributed by atoms with Crippen LogP contribution in [0.4, 0.5) is 0 Å². The lowest BCUT2D eigenvalue weighted by Crippen LogP contribution is -2.46. The summed E-state index contributed by atoms with van der Waals surface area (Å²) in [5, 5.41) is 23.9. The first-order valence-corrected chi connectivity index (χ1v) is 30.5. The van der Waals surface area contributed by atoms with Crippen LogP contribution in [0.3, 0.4) is 0 Å². The number of rotatable bonds is 55. The van der Waals surface area contributed by atoms with Gasteiger partial charge >= 0.3 is 5.97 Å². The Morgan fingerprint density at radius 2 is 0.757 bits per heavy atom. The first-order valence-electron chi connectivity index (χ1n) is 30.5. The summed E-state index contributed by atoms with van der Waals surface area (Å²) in [5.41, 5.74) is 0. The molecular weight excluding hydrogens is 863 g/mol. The van der Waals surface area contributed by atoms with E-state index >= 15 is 0 Å². The van der Waals surface area contributed by atoms with Gasteiger partial charge in [-0.25, -0.2) is 0 Å². The predicted octanol–water partition coefficient (Wildman–Crippen LogP) is 19.1.